The van der Waals surface area contributed by atoms with Crippen molar-refractivity contribution >= 4 is 45.0 Å². The van der Waals surface area contributed by atoms with Crippen LogP contribution in [0.3, 0.4) is 0 Å². The number of hydrogen-bond acceptors (Lipinski definition) is 3. The predicted octanol–water partition coefficient (Wildman–Crippen LogP) is 4.32. The zero-order chi connectivity index (χ0) is 19.1. The molecule has 2 rings (SSSR count). The van der Waals surface area contributed by atoms with Crippen LogP contribution in [0.25, 0.3) is 0 Å². The lowest BCUT2D eigenvalue weighted by Gasteiger charge is -2.15. The van der Waals surface area contributed by atoms with Crippen LogP contribution >= 0.6 is 27.5 Å². The fourth-order valence-electron chi connectivity index (χ4n) is 2.16. The molecular formula is C19H20BrClN2O3. The van der Waals surface area contributed by atoms with Crippen molar-refractivity contribution < 1.29 is 14.3 Å². The summed E-state index contributed by atoms with van der Waals surface area (Å²) in [6.07, 6.45) is -0.502. The van der Waals surface area contributed by atoms with E-state index in [-0.39, 0.29) is 24.8 Å². The highest BCUT2D eigenvalue weighted by Gasteiger charge is 2.15. The first-order valence-electron chi connectivity index (χ1n) is 8.11. The quantitative estimate of drug-likeness (QED) is 0.675. The first kappa shape index (κ1) is 20.3. The number of hydrogen-bond donors (Lipinski definition) is 2. The molecular weight excluding hydrogens is 420 g/mol. The second-order valence-corrected chi connectivity index (χ2v) is 7.11. The third-order valence-electron chi connectivity index (χ3n) is 3.62. The number of amides is 2. The molecule has 138 valence electrons. The minimum absolute atomic E-state index is 0.169. The minimum atomic E-state index is -0.674. The maximum Gasteiger partial charge on any atom is 0.260 e. The standard InChI is InChI=1S/C19H20BrClN2O3/c1-12-3-4-14(20)11-17(12)23-18(24)9-10-22-19(25)13(2)26-16-7-5-15(21)6-8-16/h3-8,11,13H,9-10H2,1-2H3,(H,22,25)(H,23,24). The number of ether oxygens (including phenoxy) is 1. The Bertz CT molecular complexity index is 781. The van der Waals surface area contributed by atoms with Gasteiger partial charge < -0.3 is 15.4 Å². The first-order chi connectivity index (χ1) is 12.3. The molecule has 0 heterocycles. The van der Waals surface area contributed by atoms with E-state index in [1.807, 2.05) is 25.1 Å². The molecule has 26 heavy (non-hydrogen) atoms. The number of anilines is 1. The Balaban J connectivity index is 1.75. The van der Waals surface area contributed by atoms with E-state index in [0.717, 1.165) is 15.7 Å². The van der Waals surface area contributed by atoms with Crippen LogP contribution in [0, 0.1) is 6.92 Å². The second-order valence-electron chi connectivity index (χ2n) is 5.76. The topological polar surface area (TPSA) is 67.4 Å². The summed E-state index contributed by atoms with van der Waals surface area (Å²) < 4.78 is 6.43. The molecule has 0 aromatic heterocycles. The van der Waals surface area contributed by atoms with Crippen molar-refractivity contribution in [1.82, 2.24) is 5.32 Å². The van der Waals surface area contributed by atoms with E-state index in [4.69, 9.17) is 16.3 Å². The van der Waals surface area contributed by atoms with Gasteiger partial charge in [0.1, 0.15) is 5.75 Å². The van der Waals surface area contributed by atoms with Crippen molar-refractivity contribution in [2.24, 2.45) is 0 Å². The van der Waals surface area contributed by atoms with Crippen LogP contribution in [0.4, 0.5) is 5.69 Å². The van der Waals surface area contributed by atoms with Gasteiger partial charge in [-0.1, -0.05) is 33.6 Å². The van der Waals surface area contributed by atoms with Crippen LogP contribution in [-0.4, -0.2) is 24.5 Å². The predicted molar refractivity (Wildman–Crippen MR) is 107 cm³/mol. The zero-order valence-corrected chi connectivity index (χ0v) is 16.9. The lowest BCUT2D eigenvalue weighted by Crippen LogP contribution is -2.37. The Hall–Kier alpha value is -2.05. The highest BCUT2D eigenvalue weighted by atomic mass is 79.9. The summed E-state index contributed by atoms with van der Waals surface area (Å²) in [5.74, 6) is 0.101. The van der Waals surface area contributed by atoms with E-state index >= 15 is 0 Å². The lowest BCUT2D eigenvalue weighted by molar-refractivity contribution is -0.127. The van der Waals surface area contributed by atoms with Gasteiger partial charge in [0.15, 0.2) is 6.10 Å². The summed E-state index contributed by atoms with van der Waals surface area (Å²) in [5, 5.41) is 6.13. The van der Waals surface area contributed by atoms with Crippen LogP contribution in [0.2, 0.25) is 5.02 Å². The Morgan fingerprint density at radius 2 is 1.88 bits per heavy atom. The van der Waals surface area contributed by atoms with E-state index in [9.17, 15) is 9.59 Å². The summed E-state index contributed by atoms with van der Waals surface area (Å²) in [7, 11) is 0. The molecule has 2 N–H and O–H groups in total. The Morgan fingerprint density at radius 3 is 2.58 bits per heavy atom. The van der Waals surface area contributed by atoms with E-state index in [1.54, 1.807) is 31.2 Å². The van der Waals surface area contributed by atoms with Gasteiger partial charge in [-0.15, -0.1) is 0 Å². The van der Waals surface area contributed by atoms with Gasteiger partial charge in [-0.05, 0) is 55.8 Å². The average molecular weight is 440 g/mol. The molecule has 1 unspecified atom stereocenters. The molecule has 0 radical (unpaired) electrons. The van der Waals surface area contributed by atoms with Crippen LogP contribution in [-0.2, 0) is 9.59 Å². The van der Waals surface area contributed by atoms with Crippen molar-refractivity contribution in [2.45, 2.75) is 26.4 Å². The lowest BCUT2D eigenvalue weighted by atomic mass is 10.2. The van der Waals surface area contributed by atoms with Crippen LogP contribution in [0.5, 0.6) is 5.75 Å². The summed E-state index contributed by atoms with van der Waals surface area (Å²) in [6.45, 7) is 3.79. The molecule has 0 fully saturated rings. The van der Waals surface area contributed by atoms with Gasteiger partial charge in [0.2, 0.25) is 5.91 Å². The SMILES string of the molecule is Cc1ccc(Br)cc1NC(=O)CCNC(=O)C(C)Oc1ccc(Cl)cc1. The summed E-state index contributed by atoms with van der Waals surface area (Å²) in [5.41, 5.74) is 1.71. The molecule has 2 aromatic rings. The van der Waals surface area contributed by atoms with Gasteiger partial charge >= 0.3 is 0 Å². The van der Waals surface area contributed by atoms with Crippen molar-refractivity contribution in [3.8, 4) is 5.75 Å². The number of nitrogens with one attached hydrogen (secondary N) is 2. The first-order valence-corrected chi connectivity index (χ1v) is 9.28. The number of halogens is 2. The number of carbonyl (C=O) groups is 2. The van der Waals surface area contributed by atoms with Gasteiger partial charge in [-0.3, -0.25) is 9.59 Å². The molecule has 0 aliphatic carbocycles. The molecule has 2 aromatic carbocycles. The molecule has 1 atom stereocenters. The average Bonchev–Trinajstić information content (AvgIpc) is 2.60. The van der Waals surface area contributed by atoms with Crippen molar-refractivity contribution in [2.75, 3.05) is 11.9 Å². The number of benzene rings is 2. The van der Waals surface area contributed by atoms with Crippen molar-refractivity contribution in [3.05, 3.63) is 57.5 Å². The number of rotatable bonds is 7. The van der Waals surface area contributed by atoms with Crippen LogP contribution in [0.1, 0.15) is 18.9 Å². The second kappa shape index (κ2) is 9.59. The smallest absolute Gasteiger partial charge is 0.260 e. The molecule has 0 saturated heterocycles. The van der Waals surface area contributed by atoms with Gasteiger partial charge in [0.25, 0.3) is 5.91 Å². The van der Waals surface area contributed by atoms with Crippen LogP contribution in [0.15, 0.2) is 46.9 Å². The fraction of sp³-hybridized carbons (Fsp3) is 0.263. The third kappa shape index (κ3) is 6.35. The molecule has 7 heteroatoms. The zero-order valence-electron chi connectivity index (χ0n) is 14.5. The van der Waals surface area contributed by atoms with Gasteiger partial charge in [0.05, 0.1) is 0 Å². The fourth-order valence-corrected chi connectivity index (χ4v) is 2.64. The Kier molecular flexibility index (Phi) is 7.48. The summed E-state index contributed by atoms with van der Waals surface area (Å²) >= 11 is 9.19. The Labute approximate surface area is 166 Å². The highest BCUT2D eigenvalue weighted by Crippen LogP contribution is 2.20. The van der Waals surface area contributed by atoms with E-state index < -0.39 is 6.10 Å². The van der Waals surface area contributed by atoms with Gasteiger partial charge in [-0.2, -0.15) is 0 Å². The Morgan fingerprint density at radius 1 is 1.19 bits per heavy atom. The van der Waals surface area contributed by atoms with Gasteiger partial charge in [-0.25, -0.2) is 0 Å². The number of carbonyl (C=O) groups excluding carboxylic acids is 2. The monoisotopic (exact) mass is 438 g/mol. The van der Waals surface area contributed by atoms with E-state index in [2.05, 4.69) is 26.6 Å². The largest absolute Gasteiger partial charge is 0.481 e. The molecule has 0 saturated carbocycles. The van der Waals surface area contributed by atoms with Crippen molar-refractivity contribution in [1.29, 1.82) is 0 Å². The normalized spacial score (nSPS) is 11.5. The minimum Gasteiger partial charge on any atom is -0.481 e. The maximum atomic E-state index is 12.1. The molecule has 0 aliphatic rings. The maximum absolute atomic E-state index is 12.1. The summed E-state index contributed by atoms with van der Waals surface area (Å²) in [6, 6.07) is 12.4. The van der Waals surface area contributed by atoms with Gasteiger partial charge in [0, 0.05) is 28.1 Å². The van der Waals surface area contributed by atoms with Crippen LogP contribution < -0.4 is 15.4 Å². The molecule has 2 amide bonds. The van der Waals surface area contributed by atoms with Crippen molar-refractivity contribution in [3.63, 3.8) is 0 Å². The number of aryl methyl sites for hydroxylation is 1. The summed E-state index contributed by atoms with van der Waals surface area (Å²) in [4.78, 5) is 24.1. The third-order valence-corrected chi connectivity index (χ3v) is 4.37. The molecule has 5 nitrogen and oxygen atoms in total. The molecule has 0 spiro atoms. The van der Waals surface area contributed by atoms with E-state index in [0.29, 0.717) is 10.8 Å². The molecule has 0 aliphatic heterocycles. The molecule has 0 bridgehead atoms. The van der Waals surface area contributed by atoms with E-state index in [1.165, 1.54) is 0 Å². The highest BCUT2D eigenvalue weighted by molar-refractivity contribution is 9.10.